The van der Waals surface area contributed by atoms with Gasteiger partial charge < -0.3 is 4.74 Å². The van der Waals surface area contributed by atoms with Gasteiger partial charge in [-0.15, -0.1) is 11.3 Å². The molecule has 2 aliphatic rings. The van der Waals surface area contributed by atoms with E-state index in [1.807, 2.05) is 4.57 Å². The summed E-state index contributed by atoms with van der Waals surface area (Å²) in [6.45, 7) is 1.88. The second kappa shape index (κ2) is 8.87. The summed E-state index contributed by atoms with van der Waals surface area (Å²) in [7, 11) is 0. The first-order valence-corrected chi connectivity index (χ1v) is 12.0. The van der Waals surface area contributed by atoms with E-state index < -0.39 is 12.0 Å². The maximum Gasteiger partial charge on any atom is 0.413 e. The number of thiophene rings is 1. The van der Waals surface area contributed by atoms with E-state index in [0.717, 1.165) is 61.6 Å². The van der Waals surface area contributed by atoms with E-state index in [4.69, 9.17) is 9.72 Å². The number of alkyl carbamates (subject to hydrolysis) is 1. The lowest BCUT2D eigenvalue weighted by Gasteiger charge is -2.18. The van der Waals surface area contributed by atoms with Crippen LogP contribution in [-0.4, -0.2) is 33.9 Å². The zero-order valence-electron chi connectivity index (χ0n) is 16.5. The Morgan fingerprint density at radius 2 is 2.00 bits per heavy atom. The Kier molecular flexibility index (Phi) is 6.24. The van der Waals surface area contributed by atoms with Crippen LogP contribution < -0.4 is 10.9 Å². The van der Waals surface area contributed by atoms with Gasteiger partial charge in [0.15, 0.2) is 5.16 Å². The van der Waals surface area contributed by atoms with Crippen LogP contribution in [0, 0.1) is 0 Å². The van der Waals surface area contributed by atoms with Crippen LogP contribution in [0.4, 0.5) is 4.79 Å². The predicted octanol–water partition coefficient (Wildman–Crippen LogP) is 3.82. The molecule has 2 aliphatic carbocycles. The fourth-order valence-corrected chi connectivity index (χ4v) is 6.40. The molecule has 2 aromatic heterocycles. The van der Waals surface area contributed by atoms with E-state index in [1.54, 1.807) is 18.3 Å². The molecule has 2 aromatic rings. The molecule has 2 amide bonds. The monoisotopic (exact) mass is 435 g/mol. The van der Waals surface area contributed by atoms with Gasteiger partial charge in [0.25, 0.3) is 5.56 Å². The number of carbonyl (C=O) groups is 2. The summed E-state index contributed by atoms with van der Waals surface area (Å²) in [6, 6.07) is 0.133. The van der Waals surface area contributed by atoms with E-state index >= 15 is 0 Å². The van der Waals surface area contributed by atoms with Crippen molar-refractivity contribution in [2.24, 2.45) is 0 Å². The number of hydrogen-bond donors (Lipinski definition) is 1. The molecule has 0 radical (unpaired) electrons. The van der Waals surface area contributed by atoms with Crippen molar-refractivity contribution in [3.8, 4) is 0 Å². The number of ether oxygens (including phenoxy) is 1. The van der Waals surface area contributed by atoms with E-state index in [0.29, 0.717) is 5.16 Å². The maximum atomic E-state index is 13.5. The van der Waals surface area contributed by atoms with Gasteiger partial charge >= 0.3 is 6.09 Å². The number of aromatic nitrogens is 2. The van der Waals surface area contributed by atoms with E-state index in [2.05, 4.69) is 5.32 Å². The van der Waals surface area contributed by atoms with Crippen LogP contribution in [0.2, 0.25) is 0 Å². The van der Waals surface area contributed by atoms with Crippen LogP contribution >= 0.6 is 23.1 Å². The molecule has 0 spiro atoms. The standard InChI is InChI=1S/C20H25N3O4S2/c1-2-27-20(26)21-15(24)11-28-19-22-17-16(13-9-5-6-10-14(13)29-17)18(25)23(19)12-7-3-4-8-12/h12H,2-11H2,1H3,(H,21,24,26). The molecular formula is C20H25N3O4S2. The molecule has 29 heavy (non-hydrogen) atoms. The molecular weight excluding hydrogens is 410 g/mol. The van der Waals surface area contributed by atoms with Crippen molar-refractivity contribution in [3.63, 3.8) is 0 Å². The van der Waals surface area contributed by atoms with Gasteiger partial charge in [-0.25, -0.2) is 9.78 Å². The molecule has 0 aromatic carbocycles. The summed E-state index contributed by atoms with van der Waals surface area (Å²) >= 11 is 2.83. The van der Waals surface area contributed by atoms with E-state index in [-0.39, 0.29) is 24.0 Å². The highest BCUT2D eigenvalue weighted by molar-refractivity contribution is 7.99. The quantitative estimate of drug-likeness (QED) is 0.567. The molecule has 9 heteroatoms. The number of aryl methyl sites for hydroxylation is 2. The summed E-state index contributed by atoms with van der Waals surface area (Å²) in [4.78, 5) is 44.0. The van der Waals surface area contributed by atoms with Crippen LogP contribution in [0.25, 0.3) is 10.2 Å². The van der Waals surface area contributed by atoms with Crippen molar-refractivity contribution in [1.29, 1.82) is 0 Å². The highest BCUT2D eigenvalue weighted by Gasteiger charge is 2.27. The zero-order valence-corrected chi connectivity index (χ0v) is 18.1. The van der Waals surface area contributed by atoms with Crippen molar-refractivity contribution in [2.75, 3.05) is 12.4 Å². The summed E-state index contributed by atoms with van der Waals surface area (Å²) in [5.74, 6) is -0.444. The van der Waals surface area contributed by atoms with Crippen LogP contribution in [0.15, 0.2) is 9.95 Å². The zero-order chi connectivity index (χ0) is 20.4. The van der Waals surface area contributed by atoms with Crippen molar-refractivity contribution in [2.45, 2.75) is 69.5 Å². The molecule has 0 atom stereocenters. The highest BCUT2D eigenvalue weighted by Crippen LogP contribution is 2.37. The molecule has 156 valence electrons. The first kappa shape index (κ1) is 20.4. The minimum absolute atomic E-state index is 0.00850. The van der Waals surface area contributed by atoms with Gasteiger partial charge in [0.2, 0.25) is 5.91 Å². The van der Waals surface area contributed by atoms with Crippen molar-refractivity contribution in [3.05, 3.63) is 20.8 Å². The average molecular weight is 436 g/mol. The Morgan fingerprint density at radius 1 is 1.24 bits per heavy atom. The molecule has 0 unspecified atom stereocenters. The van der Waals surface area contributed by atoms with Gasteiger partial charge in [0.05, 0.1) is 17.7 Å². The summed E-state index contributed by atoms with van der Waals surface area (Å²) in [5.41, 5.74) is 1.23. The topological polar surface area (TPSA) is 90.3 Å². The average Bonchev–Trinajstić information content (AvgIpc) is 3.34. The summed E-state index contributed by atoms with van der Waals surface area (Å²) in [6.07, 6.45) is 7.62. The lowest BCUT2D eigenvalue weighted by Crippen LogP contribution is -2.33. The molecule has 0 aliphatic heterocycles. The summed E-state index contributed by atoms with van der Waals surface area (Å²) in [5, 5.41) is 3.56. The Balaban J connectivity index is 1.66. The van der Waals surface area contributed by atoms with Crippen molar-refractivity contribution >= 4 is 45.3 Å². The Labute approximate surface area is 177 Å². The number of nitrogens with zero attached hydrogens (tertiary/aromatic N) is 2. The third-order valence-electron chi connectivity index (χ3n) is 5.53. The molecule has 0 saturated heterocycles. The van der Waals surface area contributed by atoms with Crippen LogP contribution in [-0.2, 0) is 22.4 Å². The van der Waals surface area contributed by atoms with Gasteiger partial charge in [-0.2, -0.15) is 0 Å². The minimum Gasteiger partial charge on any atom is -0.450 e. The van der Waals surface area contributed by atoms with Crippen LogP contribution in [0.5, 0.6) is 0 Å². The summed E-state index contributed by atoms with van der Waals surface area (Å²) < 4.78 is 6.56. The fourth-order valence-electron chi connectivity index (χ4n) is 4.23. The van der Waals surface area contributed by atoms with Gasteiger partial charge in [0, 0.05) is 10.9 Å². The van der Waals surface area contributed by atoms with E-state index in [1.165, 1.54) is 22.2 Å². The van der Waals surface area contributed by atoms with Crippen LogP contribution in [0.3, 0.4) is 0 Å². The number of nitrogens with one attached hydrogen (secondary N) is 1. The third kappa shape index (κ3) is 4.21. The number of hydrogen-bond acceptors (Lipinski definition) is 7. The largest absolute Gasteiger partial charge is 0.450 e. The Morgan fingerprint density at radius 3 is 2.76 bits per heavy atom. The first-order chi connectivity index (χ1) is 14.1. The van der Waals surface area contributed by atoms with Crippen LogP contribution in [0.1, 0.15) is 61.9 Å². The number of amides is 2. The normalized spacial score (nSPS) is 16.7. The number of carbonyl (C=O) groups excluding carboxylic acids is 2. The number of imide groups is 1. The smallest absolute Gasteiger partial charge is 0.413 e. The minimum atomic E-state index is -0.749. The van der Waals surface area contributed by atoms with E-state index in [9.17, 15) is 14.4 Å². The van der Waals surface area contributed by atoms with Gasteiger partial charge in [0.1, 0.15) is 4.83 Å². The van der Waals surface area contributed by atoms with Gasteiger partial charge in [-0.3, -0.25) is 19.5 Å². The van der Waals surface area contributed by atoms with Crippen molar-refractivity contribution < 1.29 is 14.3 Å². The first-order valence-electron chi connectivity index (χ1n) is 10.2. The maximum absolute atomic E-state index is 13.5. The van der Waals surface area contributed by atoms with Gasteiger partial charge in [-0.05, 0) is 51.0 Å². The molecule has 0 bridgehead atoms. The predicted molar refractivity (Wildman–Crippen MR) is 114 cm³/mol. The molecule has 1 N–H and O–H groups in total. The lowest BCUT2D eigenvalue weighted by molar-refractivity contribution is -0.117. The second-order valence-electron chi connectivity index (χ2n) is 7.46. The lowest BCUT2D eigenvalue weighted by atomic mass is 9.97. The molecule has 7 nitrogen and oxygen atoms in total. The molecule has 2 heterocycles. The SMILES string of the molecule is CCOC(=O)NC(=O)CSc1nc2sc3c(c2c(=O)n1C1CCCC1)CCCC3. The number of thioether (sulfide) groups is 1. The molecule has 4 rings (SSSR count). The third-order valence-corrected chi connectivity index (χ3v) is 7.67. The van der Waals surface area contributed by atoms with Gasteiger partial charge in [-0.1, -0.05) is 24.6 Å². The second-order valence-corrected chi connectivity index (χ2v) is 9.48. The van der Waals surface area contributed by atoms with Crippen molar-refractivity contribution in [1.82, 2.24) is 14.9 Å². The number of fused-ring (bicyclic) bond motifs is 3. The molecule has 1 fully saturated rings. The Bertz CT molecular complexity index is 992. The fraction of sp³-hybridized carbons (Fsp3) is 0.600. The molecule has 1 saturated carbocycles. The highest BCUT2D eigenvalue weighted by atomic mass is 32.2. The number of rotatable bonds is 5. The Hall–Kier alpha value is -1.87.